The fourth-order valence-electron chi connectivity index (χ4n) is 1.89. The molecule has 0 amide bonds. The molecule has 1 heterocycles. The molecule has 112 valence electrons. The number of esters is 1. The number of benzene rings is 1. The van der Waals surface area contributed by atoms with Crippen LogP contribution in [0.3, 0.4) is 0 Å². The van der Waals surface area contributed by atoms with Crippen molar-refractivity contribution in [2.45, 2.75) is 12.6 Å². The van der Waals surface area contributed by atoms with Crippen LogP contribution in [0.15, 0.2) is 29.1 Å². The topological polar surface area (TPSA) is 75.0 Å². The Kier molecular flexibility index (Phi) is 3.88. The summed E-state index contributed by atoms with van der Waals surface area (Å²) >= 11 is 0. The average molecular weight is 300 g/mol. The van der Waals surface area contributed by atoms with Crippen molar-refractivity contribution in [1.29, 1.82) is 0 Å². The van der Waals surface area contributed by atoms with Crippen molar-refractivity contribution in [3.63, 3.8) is 0 Å². The maximum Gasteiger partial charge on any atom is 0.416 e. The van der Waals surface area contributed by atoms with Gasteiger partial charge in [0, 0.05) is 6.42 Å². The molecule has 0 saturated heterocycles. The van der Waals surface area contributed by atoms with Gasteiger partial charge in [0.15, 0.2) is 0 Å². The number of ether oxygens (including phenoxy) is 1. The summed E-state index contributed by atoms with van der Waals surface area (Å²) in [7, 11) is 1.14. The third-order valence-corrected chi connectivity index (χ3v) is 2.83. The van der Waals surface area contributed by atoms with Gasteiger partial charge in [0.2, 0.25) is 0 Å². The lowest BCUT2D eigenvalue weighted by Gasteiger charge is -2.08. The van der Waals surface area contributed by atoms with E-state index < -0.39 is 23.4 Å². The SMILES string of the molecule is COC(=O)c1[nH]c(=O)[nH]c1Cc1cccc(C(F)(F)F)c1. The van der Waals surface area contributed by atoms with Gasteiger partial charge in [-0.1, -0.05) is 18.2 Å². The van der Waals surface area contributed by atoms with Crippen LogP contribution >= 0.6 is 0 Å². The van der Waals surface area contributed by atoms with Gasteiger partial charge in [-0.15, -0.1) is 0 Å². The van der Waals surface area contributed by atoms with Crippen LogP contribution in [0.25, 0.3) is 0 Å². The third kappa shape index (κ3) is 3.33. The molecule has 2 N–H and O–H groups in total. The number of imidazole rings is 1. The first kappa shape index (κ1) is 14.9. The van der Waals surface area contributed by atoms with Crippen molar-refractivity contribution in [3.05, 3.63) is 57.3 Å². The van der Waals surface area contributed by atoms with Crippen LogP contribution < -0.4 is 5.69 Å². The summed E-state index contributed by atoms with van der Waals surface area (Å²) in [6, 6.07) is 4.65. The highest BCUT2D eigenvalue weighted by molar-refractivity contribution is 5.88. The van der Waals surface area contributed by atoms with Gasteiger partial charge in [-0.05, 0) is 11.6 Å². The largest absolute Gasteiger partial charge is 0.464 e. The number of aromatic nitrogens is 2. The van der Waals surface area contributed by atoms with Crippen molar-refractivity contribution < 1.29 is 22.7 Å². The van der Waals surface area contributed by atoms with Gasteiger partial charge in [0.05, 0.1) is 18.4 Å². The first-order valence-electron chi connectivity index (χ1n) is 5.87. The minimum absolute atomic E-state index is 0.0346. The van der Waals surface area contributed by atoms with Crippen LogP contribution in [0.2, 0.25) is 0 Å². The molecule has 2 rings (SSSR count). The minimum atomic E-state index is -4.45. The summed E-state index contributed by atoms with van der Waals surface area (Å²) in [6.45, 7) is 0. The second-order valence-electron chi connectivity index (χ2n) is 4.30. The predicted octanol–water partition coefficient (Wildman–Crippen LogP) is 2.10. The molecule has 0 aliphatic carbocycles. The molecule has 0 bridgehead atoms. The number of rotatable bonds is 3. The number of aromatic amines is 2. The van der Waals surface area contributed by atoms with E-state index in [1.807, 2.05) is 0 Å². The summed E-state index contributed by atoms with van der Waals surface area (Å²) in [5.74, 6) is -0.768. The van der Waals surface area contributed by atoms with E-state index in [0.29, 0.717) is 5.56 Å². The maximum atomic E-state index is 12.6. The fourth-order valence-corrected chi connectivity index (χ4v) is 1.89. The van der Waals surface area contributed by atoms with Crippen LogP contribution in [0.1, 0.15) is 27.3 Å². The first-order chi connectivity index (χ1) is 9.81. The van der Waals surface area contributed by atoms with Gasteiger partial charge in [-0.3, -0.25) is 4.98 Å². The van der Waals surface area contributed by atoms with Crippen molar-refractivity contribution in [3.8, 4) is 0 Å². The second-order valence-corrected chi connectivity index (χ2v) is 4.30. The molecule has 0 spiro atoms. The van der Waals surface area contributed by atoms with Crippen LogP contribution in [-0.4, -0.2) is 23.0 Å². The predicted molar refractivity (Wildman–Crippen MR) is 67.0 cm³/mol. The van der Waals surface area contributed by atoms with E-state index in [9.17, 15) is 22.8 Å². The number of hydrogen-bond acceptors (Lipinski definition) is 3. The Hall–Kier alpha value is -2.51. The van der Waals surface area contributed by atoms with E-state index >= 15 is 0 Å². The minimum Gasteiger partial charge on any atom is -0.464 e. The summed E-state index contributed by atoms with van der Waals surface area (Å²) in [5.41, 5.74) is -1.04. The van der Waals surface area contributed by atoms with Crippen LogP contribution in [0.4, 0.5) is 13.2 Å². The zero-order valence-corrected chi connectivity index (χ0v) is 10.9. The van der Waals surface area contributed by atoms with E-state index in [0.717, 1.165) is 19.2 Å². The number of hydrogen-bond donors (Lipinski definition) is 2. The molecule has 0 aliphatic rings. The first-order valence-corrected chi connectivity index (χ1v) is 5.87. The molecule has 1 aromatic heterocycles. The fraction of sp³-hybridized carbons (Fsp3) is 0.231. The Morgan fingerprint density at radius 2 is 2.00 bits per heavy atom. The quantitative estimate of drug-likeness (QED) is 0.852. The zero-order valence-electron chi connectivity index (χ0n) is 10.9. The Bertz CT molecular complexity index is 716. The number of carbonyl (C=O) groups excluding carboxylic acids is 1. The summed E-state index contributed by atoms with van der Waals surface area (Å²) in [5, 5.41) is 0. The highest BCUT2D eigenvalue weighted by atomic mass is 19.4. The highest BCUT2D eigenvalue weighted by Gasteiger charge is 2.30. The number of nitrogens with one attached hydrogen (secondary N) is 2. The van der Waals surface area contributed by atoms with Crippen molar-refractivity contribution in [1.82, 2.24) is 9.97 Å². The highest BCUT2D eigenvalue weighted by Crippen LogP contribution is 2.29. The number of H-pyrrole nitrogens is 2. The number of methoxy groups -OCH3 is 1. The van der Waals surface area contributed by atoms with Crippen molar-refractivity contribution in [2.24, 2.45) is 0 Å². The van der Waals surface area contributed by atoms with Gasteiger partial charge in [0.1, 0.15) is 5.69 Å². The molecule has 0 aliphatic heterocycles. The molecule has 0 saturated carbocycles. The van der Waals surface area contributed by atoms with Crippen molar-refractivity contribution >= 4 is 5.97 Å². The van der Waals surface area contributed by atoms with Gasteiger partial charge in [-0.25, -0.2) is 9.59 Å². The molecule has 5 nitrogen and oxygen atoms in total. The zero-order chi connectivity index (χ0) is 15.6. The van der Waals surface area contributed by atoms with E-state index in [1.54, 1.807) is 0 Å². The van der Waals surface area contributed by atoms with E-state index in [2.05, 4.69) is 14.7 Å². The molecule has 0 radical (unpaired) electrons. The smallest absolute Gasteiger partial charge is 0.416 e. The molecule has 2 aromatic rings. The van der Waals surface area contributed by atoms with Gasteiger partial charge in [0.25, 0.3) is 0 Å². The van der Waals surface area contributed by atoms with Crippen LogP contribution in [-0.2, 0) is 17.3 Å². The molecule has 0 fully saturated rings. The van der Waals surface area contributed by atoms with E-state index in [-0.39, 0.29) is 17.8 Å². The van der Waals surface area contributed by atoms with Gasteiger partial charge < -0.3 is 9.72 Å². The molecular weight excluding hydrogens is 289 g/mol. The summed E-state index contributed by atoms with van der Waals surface area (Å²) in [6.07, 6.45) is -4.49. The van der Waals surface area contributed by atoms with E-state index in [1.165, 1.54) is 12.1 Å². The number of carbonyl (C=O) groups is 1. The van der Waals surface area contributed by atoms with Crippen LogP contribution in [0, 0.1) is 0 Å². The molecular formula is C13H11F3N2O3. The number of halogens is 3. The molecule has 0 unspecified atom stereocenters. The third-order valence-electron chi connectivity index (χ3n) is 2.83. The van der Waals surface area contributed by atoms with Crippen LogP contribution in [0.5, 0.6) is 0 Å². The Balaban J connectivity index is 2.35. The Labute approximate surface area is 116 Å². The standard InChI is InChI=1S/C13H11F3N2O3/c1-21-11(19)10-9(17-12(20)18-10)6-7-3-2-4-8(5-7)13(14,15)16/h2-5H,6H2,1H3,(H2,17,18,20). The lowest BCUT2D eigenvalue weighted by Crippen LogP contribution is -2.08. The monoisotopic (exact) mass is 300 g/mol. The molecule has 1 aromatic carbocycles. The summed E-state index contributed by atoms with van der Waals surface area (Å²) < 4.78 is 42.4. The van der Waals surface area contributed by atoms with Gasteiger partial charge >= 0.3 is 17.8 Å². The van der Waals surface area contributed by atoms with Crippen molar-refractivity contribution in [2.75, 3.05) is 7.11 Å². The Morgan fingerprint density at radius 1 is 1.29 bits per heavy atom. The molecule has 21 heavy (non-hydrogen) atoms. The lowest BCUT2D eigenvalue weighted by molar-refractivity contribution is -0.137. The molecule has 0 atom stereocenters. The normalized spacial score (nSPS) is 11.4. The summed E-state index contributed by atoms with van der Waals surface area (Å²) in [4.78, 5) is 27.3. The second kappa shape index (κ2) is 5.47. The van der Waals surface area contributed by atoms with Gasteiger partial charge in [-0.2, -0.15) is 13.2 Å². The Morgan fingerprint density at radius 3 is 2.62 bits per heavy atom. The number of alkyl halides is 3. The maximum absolute atomic E-state index is 12.6. The average Bonchev–Trinajstić information content (AvgIpc) is 2.78. The van der Waals surface area contributed by atoms with E-state index in [4.69, 9.17) is 0 Å². The lowest BCUT2D eigenvalue weighted by atomic mass is 10.1. The molecule has 8 heteroatoms.